The first-order valence-corrected chi connectivity index (χ1v) is 4.36. The van der Waals surface area contributed by atoms with Crippen molar-refractivity contribution in [3.8, 4) is 0 Å². The van der Waals surface area contributed by atoms with Gasteiger partial charge < -0.3 is 5.43 Å². The van der Waals surface area contributed by atoms with Crippen molar-refractivity contribution >= 4 is 34.0 Å². The van der Waals surface area contributed by atoms with E-state index in [9.17, 15) is 0 Å². The SMILES string of the molecule is CCNNc1ccc(Br)cc1.Cl. The van der Waals surface area contributed by atoms with Gasteiger partial charge in [-0.1, -0.05) is 22.9 Å². The molecule has 2 nitrogen and oxygen atoms in total. The van der Waals surface area contributed by atoms with Gasteiger partial charge in [-0.25, -0.2) is 5.43 Å². The summed E-state index contributed by atoms with van der Waals surface area (Å²) in [5.74, 6) is 0. The van der Waals surface area contributed by atoms with Crippen LogP contribution in [0.3, 0.4) is 0 Å². The summed E-state index contributed by atoms with van der Waals surface area (Å²) < 4.78 is 1.10. The Labute approximate surface area is 87.3 Å². The van der Waals surface area contributed by atoms with E-state index in [0.29, 0.717) is 0 Å². The van der Waals surface area contributed by atoms with Gasteiger partial charge in [-0.15, -0.1) is 12.4 Å². The second kappa shape index (κ2) is 6.29. The van der Waals surface area contributed by atoms with Crippen molar-refractivity contribution in [3.05, 3.63) is 28.7 Å². The first-order valence-electron chi connectivity index (χ1n) is 3.57. The molecule has 12 heavy (non-hydrogen) atoms. The van der Waals surface area contributed by atoms with Crippen LogP contribution in [0.15, 0.2) is 28.7 Å². The summed E-state index contributed by atoms with van der Waals surface area (Å²) in [6.07, 6.45) is 0. The Hall–Kier alpha value is -0.250. The third-order valence-corrected chi connectivity index (χ3v) is 1.78. The largest absolute Gasteiger partial charge is 0.322 e. The number of benzene rings is 1. The molecular weight excluding hydrogens is 239 g/mol. The molecule has 1 aromatic carbocycles. The van der Waals surface area contributed by atoms with E-state index in [2.05, 4.69) is 26.8 Å². The van der Waals surface area contributed by atoms with Gasteiger partial charge in [0.15, 0.2) is 0 Å². The molecule has 0 saturated carbocycles. The van der Waals surface area contributed by atoms with Crippen LogP contribution in [-0.4, -0.2) is 6.54 Å². The highest BCUT2D eigenvalue weighted by atomic mass is 79.9. The molecular formula is C8H12BrClN2. The maximum Gasteiger partial charge on any atom is 0.0488 e. The highest BCUT2D eigenvalue weighted by Crippen LogP contribution is 2.12. The fourth-order valence-electron chi connectivity index (χ4n) is 0.724. The van der Waals surface area contributed by atoms with Crippen molar-refractivity contribution in [1.29, 1.82) is 0 Å². The molecule has 0 aromatic heterocycles. The van der Waals surface area contributed by atoms with Crippen LogP contribution >= 0.6 is 28.3 Å². The van der Waals surface area contributed by atoms with E-state index in [4.69, 9.17) is 0 Å². The number of hydrogen-bond acceptors (Lipinski definition) is 2. The van der Waals surface area contributed by atoms with Gasteiger partial charge in [0.05, 0.1) is 0 Å². The van der Waals surface area contributed by atoms with Crippen LogP contribution in [0, 0.1) is 0 Å². The third-order valence-electron chi connectivity index (χ3n) is 1.25. The topological polar surface area (TPSA) is 24.1 Å². The van der Waals surface area contributed by atoms with Crippen molar-refractivity contribution in [1.82, 2.24) is 5.43 Å². The molecule has 0 amide bonds. The van der Waals surface area contributed by atoms with Gasteiger partial charge in [0.1, 0.15) is 0 Å². The molecule has 0 aliphatic rings. The standard InChI is InChI=1S/C8H11BrN2.ClH/c1-2-10-11-8-5-3-7(9)4-6-8;/h3-6,10-11H,2H2,1H3;1H. The van der Waals surface area contributed by atoms with Gasteiger partial charge in [0.2, 0.25) is 0 Å². The van der Waals surface area contributed by atoms with Crippen LogP contribution in [0.2, 0.25) is 0 Å². The zero-order valence-electron chi connectivity index (χ0n) is 6.80. The van der Waals surface area contributed by atoms with E-state index in [0.717, 1.165) is 16.7 Å². The Morgan fingerprint density at radius 2 is 1.83 bits per heavy atom. The second-order valence-electron chi connectivity index (χ2n) is 2.16. The number of rotatable bonds is 3. The summed E-state index contributed by atoms with van der Waals surface area (Å²) >= 11 is 3.37. The molecule has 0 atom stereocenters. The smallest absolute Gasteiger partial charge is 0.0488 e. The fraction of sp³-hybridized carbons (Fsp3) is 0.250. The summed E-state index contributed by atoms with van der Waals surface area (Å²) in [4.78, 5) is 0. The number of halogens is 2. The molecule has 0 radical (unpaired) electrons. The number of hydrazine groups is 1. The first kappa shape index (κ1) is 11.8. The molecule has 0 saturated heterocycles. The summed E-state index contributed by atoms with van der Waals surface area (Å²) in [7, 11) is 0. The Balaban J connectivity index is 0.00000121. The van der Waals surface area contributed by atoms with E-state index in [-0.39, 0.29) is 12.4 Å². The van der Waals surface area contributed by atoms with Crippen molar-refractivity contribution in [3.63, 3.8) is 0 Å². The predicted molar refractivity (Wildman–Crippen MR) is 58.7 cm³/mol. The van der Waals surface area contributed by atoms with Gasteiger partial charge in [0.25, 0.3) is 0 Å². The molecule has 0 unspecified atom stereocenters. The van der Waals surface area contributed by atoms with Crippen LogP contribution in [0.25, 0.3) is 0 Å². The summed E-state index contributed by atoms with van der Waals surface area (Å²) in [6.45, 7) is 2.96. The molecule has 2 N–H and O–H groups in total. The average molecular weight is 252 g/mol. The van der Waals surface area contributed by atoms with Crippen molar-refractivity contribution < 1.29 is 0 Å². The molecule has 1 aromatic rings. The van der Waals surface area contributed by atoms with E-state index >= 15 is 0 Å². The molecule has 0 aliphatic carbocycles. The lowest BCUT2D eigenvalue weighted by molar-refractivity contribution is 0.844. The van der Waals surface area contributed by atoms with E-state index in [1.165, 1.54) is 0 Å². The van der Waals surface area contributed by atoms with Gasteiger partial charge in [-0.05, 0) is 24.3 Å². The highest BCUT2D eigenvalue weighted by molar-refractivity contribution is 9.10. The van der Waals surface area contributed by atoms with Crippen LogP contribution < -0.4 is 10.9 Å². The van der Waals surface area contributed by atoms with Crippen molar-refractivity contribution in [2.45, 2.75) is 6.92 Å². The minimum absolute atomic E-state index is 0. The van der Waals surface area contributed by atoms with Gasteiger partial charge in [0, 0.05) is 16.7 Å². The Kier molecular flexibility index (Phi) is 6.16. The van der Waals surface area contributed by atoms with Crippen LogP contribution in [0.5, 0.6) is 0 Å². The fourth-order valence-corrected chi connectivity index (χ4v) is 0.988. The quantitative estimate of drug-likeness (QED) is 0.807. The highest BCUT2D eigenvalue weighted by Gasteiger charge is 1.88. The second-order valence-corrected chi connectivity index (χ2v) is 3.08. The lowest BCUT2D eigenvalue weighted by Gasteiger charge is -2.04. The van der Waals surface area contributed by atoms with Crippen molar-refractivity contribution in [2.24, 2.45) is 0 Å². The summed E-state index contributed by atoms with van der Waals surface area (Å²) in [6, 6.07) is 8.01. The van der Waals surface area contributed by atoms with Crippen LogP contribution in [-0.2, 0) is 0 Å². The number of anilines is 1. The molecule has 0 aliphatic heterocycles. The molecule has 1 rings (SSSR count). The lowest BCUT2D eigenvalue weighted by Crippen LogP contribution is -2.20. The zero-order chi connectivity index (χ0) is 8.10. The number of nitrogens with one attached hydrogen (secondary N) is 2. The van der Waals surface area contributed by atoms with Crippen LogP contribution in [0.1, 0.15) is 6.92 Å². The maximum absolute atomic E-state index is 3.37. The molecule has 68 valence electrons. The number of hydrogen-bond donors (Lipinski definition) is 2. The van der Waals surface area contributed by atoms with E-state index in [1.807, 2.05) is 31.2 Å². The summed E-state index contributed by atoms with van der Waals surface area (Å²) in [5.41, 5.74) is 7.15. The average Bonchev–Trinajstić information content (AvgIpc) is 2.04. The van der Waals surface area contributed by atoms with E-state index < -0.39 is 0 Å². The minimum Gasteiger partial charge on any atom is -0.322 e. The maximum atomic E-state index is 3.37. The van der Waals surface area contributed by atoms with Crippen molar-refractivity contribution in [2.75, 3.05) is 12.0 Å². The zero-order valence-corrected chi connectivity index (χ0v) is 9.21. The molecule has 4 heteroatoms. The molecule has 0 fully saturated rings. The monoisotopic (exact) mass is 250 g/mol. The lowest BCUT2D eigenvalue weighted by atomic mass is 10.3. The minimum atomic E-state index is 0. The van der Waals surface area contributed by atoms with Gasteiger partial charge in [-0.3, -0.25) is 0 Å². The van der Waals surface area contributed by atoms with E-state index in [1.54, 1.807) is 0 Å². The third kappa shape index (κ3) is 3.95. The predicted octanol–water partition coefficient (Wildman–Crippen LogP) is 2.81. The molecule has 0 heterocycles. The first-order chi connectivity index (χ1) is 5.33. The Morgan fingerprint density at radius 3 is 2.33 bits per heavy atom. The van der Waals surface area contributed by atoms with Gasteiger partial charge in [-0.2, -0.15) is 0 Å². The normalized spacial score (nSPS) is 8.83. The summed E-state index contributed by atoms with van der Waals surface area (Å²) in [5, 5.41) is 0. The van der Waals surface area contributed by atoms with Gasteiger partial charge >= 0.3 is 0 Å². The Morgan fingerprint density at radius 1 is 1.25 bits per heavy atom. The molecule has 0 spiro atoms. The van der Waals surface area contributed by atoms with Crippen LogP contribution in [0.4, 0.5) is 5.69 Å². The molecule has 0 bridgehead atoms. The Bertz CT molecular complexity index is 213.